The lowest BCUT2D eigenvalue weighted by atomic mass is 9.96. The van der Waals surface area contributed by atoms with Crippen molar-refractivity contribution in [1.29, 1.82) is 0 Å². The van der Waals surface area contributed by atoms with Gasteiger partial charge in [-0.2, -0.15) is 0 Å². The maximum atomic E-state index is 6.54. The van der Waals surface area contributed by atoms with Gasteiger partial charge in [0.05, 0.1) is 5.38 Å². The smallest absolute Gasteiger partial charge is 0.0840 e. The molecule has 1 atom stereocenters. The molecule has 0 heterocycles. The van der Waals surface area contributed by atoms with E-state index in [-0.39, 0.29) is 5.38 Å². The standard InChI is InChI=1S/C15H15Cl/c1-11-7-6-8-12(2)14(11)15(16)13-9-4-3-5-10-13/h3-10,15H,1-2H3/t15-/m0/s1. The summed E-state index contributed by atoms with van der Waals surface area (Å²) in [5.74, 6) is 0. The molecule has 0 radical (unpaired) electrons. The highest BCUT2D eigenvalue weighted by Gasteiger charge is 2.14. The van der Waals surface area contributed by atoms with Crippen molar-refractivity contribution in [3.05, 3.63) is 70.8 Å². The Hall–Kier alpha value is -1.27. The minimum absolute atomic E-state index is 0.0533. The van der Waals surface area contributed by atoms with Crippen LogP contribution in [0.1, 0.15) is 27.6 Å². The van der Waals surface area contributed by atoms with Crippen LogP contribution in [0.4, 0.5) is 0 Å². The number of halogens is 1. The molecule has 2 rings (SSSR count). The van der Waals surface area contributed by atoms with Gasteiger partial charge in [0.25, 0.3) is 0 Å². The molecule has 0 aliphatic rings. The third kappa shape index (κ3) is 2.12. The van der Waals surface area contributed by atoms with Gasteiger partial charge in [-0.15, -0.1) is 11.6 Å². The van der Waals surface area contributed by atoms with Gasteiger partial charge in [0.1, 0.15) is 0 Å². The number of hydrogen-bond acceptors (Lipinski definition) is 0. The Bertz CT molecular complexity index is 454. The fourth-order valence-corrected chi connectivity index (χ4v) is 2.51. The van der Waals surface area contributed by atoms with E-state index in [0.29, 0.717) is 0 Å². The van der Waals surface area contributed by atoms with E-state index in [9.17, 15) is 0 Å². The molecule has 2 aromatic rings. The Morgan fingerprint density at radius 1 is 0.812 bits per heavy atom. The number of rotatable bonds is 2. The third-order valence-electron chi connectivity index (χ3n) is 2.89. The summed E-state index contributed by atoms with van der Waals surface area (Å²) in [7, 11) is 0. The van der Waals surface area contributed by atoms with Crippen molar-refractivity contribution in [2.75, 3.05) is 0 Å². The molecule has 0 amide bonds. The fraction of sp³-hybridized carbons (Fsp3) is 0.200. The van der Waals surface area contributed by atoms with E-state index in [2.05, 4.69) is 44.2 Å². The summed E-state index contributed by atoms with van der Waals surface area (Å²) in [4.78, 5) is 0. The van der Waals surface area contributed by atoms with Crippen LogP contribution in [-0.4, -0.2) is 0 Å². The maximum Gasteiger partial charge on any atom is 0.0840 e. The first-order chi connectivity index (χ1) is 7.70. The van der Waals surface area contributed by atoms with Crippen LogP contribution in [0.3, 0.4) is 0 Å². The monoisotopic (exact) mass is 230 g/mol. The molecule has 1 heteroatoms. The van der Waals surface area contributed by atoms with Crippen molar-refractivity contribution in [3.63, 3.8) is 0 Å². The van der Waals surface area contributed by atoms with Gasteiger partial charge in [0.15, 0.2) is 0 Å². The largest absolute Gasteiger partial charge is 0.113 e. The topological polar surface area (TPSA) is 0 Å². The molecule has 0 spiro atoms. The molecule has 0 aliphatic carbocycles. The minimum Gasteiger partial charge on any atom is -0.113 e. The Balaban J connectivity index is 2.46. The zero-order valence-electron chi connectivity index (χ0n) is 9.57. The molecule has 0 N–H and O–H groups in total. The number of alkyl halides is 1. The molecule has 0 aromatic heterocycles. The molecule has 2 aromatic carbocycles. The quantitative estimate of drug-likeness (QED) is 0.660. The van der Waals surface area contributed by atoms with Gasteiger partial charge >= 0.3 is 0 Å². The maximum absolute atomic E-state index is 6.54. The molecule has 0 saturated heterocycles. The van der Waals surface area contributed by atoms with Crippen molar-refractivity contribution < 1.29 is 0 Å². The second-order valence-corrected chi connectivity index (χ2v) is 4.52. The van der Waals surface area contributed by atoms with E-state index >= 15 is 0 Å². The highest BCUT2D eigenvalue weighted by molar-refractivity contribution is 6.22. The molecular formula is C15H15Cl. The van der Waals surface area contributed by atoms with Crippen LogP contribution >= 0.6 is 11.6 Å². The predicted molar refractivity (Wildman–Crippen MR) is 70.1 cm³/mol. The first kappa shape index (κ1) is 11.2. The van der Waals surface area contributed by atoms with Crippen LogP contribution in [-0.2, 0) is 0 Å². The van der Waals surface area contributed by atoms with Crippen molar-refractivity contribution in [3.8, 4) is 0 Å². The highest BCUT2D eigenvalue weighted by atomic mass is 35.5. The average Bonchev–Trinajstić information content (AvgIpc) is 2.30. The Kier molecular flexibility index (Phi) is 3.31. The molecule has 16 heavy (non-hydrogen) atoms. The van der Waals surface area contributed by atoms with Gasteiger partial charge in [0.2, 0.25) is 0 Å². The zero-order valence-corrected chi connectivity index (χ0v) is 10.3. The zero-order chi connectivity index (χ0) is 11.5. The summed E-state index contributed by atoms with van der Waals surface area (Å²) in [6.45, 7) is 4.22. The van der Waals surface area contributed by atoms with Gasteiger partial charge in [-0.1, -0.05) is 48.5 Å². The summed E-state index contributed by atoms with van der Waals surface area (Å²) in [6, 6.07) is 16.5. The molecule has 0 nitrogen and oxygen atoms in total. The van der Waals surface area contributed by atoms with E-state index in [0.717, 1.165) is 5.56 Å². The molecule has 0 bridgehead atoms. The van der Waals surface area contributed by atoms with E-state index in [1.54, 1.807) is 0 Å². The van der Waals surface area contributed by atoms with Crippen LogP contribution in [0.15, 0.2) is 48.5 Å². The van der Waals surface area contributed by atoms with Gasteiger partial charge in [-0.25, -0.2) is 0 Å². The normalized spacial score (nSPS) is 12.4. The molecule has 0 fully saturated rings. The summed E-state index contributed by atoms with van der Waals surface area (Å²) >= 11 is 6.54. The lowest BCUT2D eigenvalue weighted by Crippen LogP contribution is -1.99. The van der Waals surface area contributed by atoms with Crippen LogP contribution in [0.25, 0.3) is 0 Å². The van der Waals surface area contributed by atoms with E-state index in [1.165, 1.54) is 16.7 Å². The summed E-state index contributed by atoms with van der Waals surface area (Å²) < 4.78 is 0. The van der Waals surface area contributed by atoms with Crippen LogP contribution in [0.5, 0.6) is 0 Å². The molecule has 0 saturated carbocycles. The van der Waals surface area contributed by atoms with Gasteiger partial charge in [0, 0.05) is 0 Å². The second-order valence-electron chi connectivity index (χ2n) is 4.08. The van der Waals surface area contributed by atoms with Gasteiger partial charge < -0.3 is 0 Å². The fourth-order valence-electron chi connectivity index (χ4n) is 2.02. The number of hydrogen-bond donors (Lipinski definition) is 0. The van der Waals surface area contributed by atoms with Crippen molar-refractivity contribution in [1.82, 2.24) is 0 Å². The predicted octanol–water partition coefficient (Wildman–Crippen LogP) is 4.63. The SMILES string of the molecule is Cc1cccc(C)c1[C@@H](Cl)c1ccccc1. The van der Waals surface area contributed by atoms with E-state index in [4.69, 9.17) is 11.6 Å². The van der Waals surface area contributed by atoms with Gasteiger partial charge in [-0.05, 0) is 36.1 Å². The van der Waals surface area contributed by atoms with Crippen molar-refractivity contribution >= 4 is 11.6 Å². The third-order valence-corrected chi connectivity index (χ3v) is 3.36. The summed E-state index contributed by atoms with van der Waals surface area (Å²) in [6.07, 6.45) is 0. The first-order valence-corrected chi connectivity index (χ1v) is 5.89. The minimum atomic E-state index is -0.0533. The highest BCUT2D eigenvalue weighted by Crippen LogP contribution is 2.32. The molecule has 82 valence electrons. The number of aryl methyl sites for hydroxylation is 2. The average molecular weight is 231 g/mol. The second kappa shape index (κ2) is 4.71. The van der Waals surface area contributed by atoms with Gasteiger partial charge in [-0.3, -0.25) is 0 Å². The van der Waals surface area contributed by atoms with Crippen LogP contribution in [0.2, 0.25) is 0 Å². The van der Waals surface area contributed by atoms with Crippen molar-refractivity contribution in [2.24, 2.45) is 0 Å². The van der Waals surface area contributed by atoms with E-state index < -0.39 is 0 Å². The van der Waals surface area contributed by atoms with Crippen molar-refractivity contribution in [2.45, 2.75) is 19.2 Å². The van der Waals surface area contributed by atoms with Crippen LogP contribution < -0.4 is 0 Å². The Morgan fingerprint density at radius 3 is 1.94 bits per heavy atom. The van der Waals surface area contributed by atoms with E-state index in [1.807, 2.05) is 18.2 Å². The first-order valence-electron chi connectivity index (χ1n) is 5.45. The lowest BCUT2D eigenvalue weighted by molar-refractivity contribution is 1.08. The summed E-state index contributed by atoms with van der Waals surface area (Å²) in [5, 5.41) is -0.0533. The van der Waals surface area contributed by atoms with Crippen LogP contribution in [0, 0.1) is 13.8 Å². The lowest BCUT2D eigenvalue weighted by Gasteiger charge is -2.15. The molecule has 0 aliphatic heterocycles. The number of benzene rings is 2. The summed E-state index contributed by atoms with van der Waals surface area (Å²) in [5.41, 5.74) is 4.89. The molecular weight excluding hydrogens is 216 g/mol. The Morgan fingerprint density at radius 2 is 1.38 bits per heavy atom. The molecule has 0 unspecified atom stereocenters. The Labute approximate surface area is 102 Å².